The van der Waals surface area contributed by atoms with Crippen LogP contribution in [0.4, 0.5) is 11.8 Å². The van der Waals surface area contributed by atoms with Crippen molar-refractivity contribution < 1.29 is 0 Å². The van der Waals surface area contributed by atoms with Crippen molar-refractivity contribution in [1.29, 1.82) is 0 Å². The topological polar surface area (TPSA) is 67.1 Å². The fourth-order valence-corrected chi connectivity index (χ4v) is 1.97. The largest absolute Gasteiger partial charge is 0.353 e. The molecule has 1 aromatic rings. The van der Waals surface area contributed by atoms with Crippen LogP contribution >= 0.6 is 0 Å². The van der Waals surface area contributed by atoms with Gasteiger partial charge >= 0.3 is 0 Å². The molecule has 0 spiro atoms. The van der Waals surface area contributed by atoms with Crippen LogP contribution in [-0.4, -0.2) is 22.6 Å². The number of hydrogen-bond donors (Lipinski definition) is 2. The lowest BCUT2D eigenvalue weighted by Gasteiger charge is -2.26. The van der Waals surface area contributed by atoms with E-state index in [1.54, 1.807) is 0 Å². The van der Waals surface area contributed by atoms with Crippen LogP contribution in [0.2, 0.25) is 0 Å². The van der Waals surface area contributed by atoms with E-state index >= 15 is 0 Å². The summed E-state index contributed by atoms with van der Waals surface area (Å²) in [5.74, 6) is 7.49. The van der Waals surface area contributed by atoms with Crippen LogP contribution in [0.25, 0.3) is 0 Å². The Bertz CT molecular complexity index is 386. The van der Waals surface area contributed by atoms with Crippen molar-refractivity contribution >= 4 is 11.8 Å². The molecule has 5 nitrogen and oxygen atoms in total. The number of hydrazine groups is 1. The summed E-state index contributed by atoms with van der Waals surface area (Å²) in [4.78, 5) is 11.0. The van der Waals surface area contributed by atoms with Crippen LogP contribution in [0, 0.1) is 12.8 Å². The molecule has 0 atom stereocenters. The Balaban J connectivity index is 2.25. The van der Waals surface area contributed by atoms with Crippen LogP contribution in [-0.2, 0) is 0 Å². The number of hydrogen-bond acceptors (Lipinski definition) is 5. The van der Waals surface area contributed by atoms with Gasteiger partial charge in [-0.3, -0.25) is 5.43 Å². The fourth-order valence-electron chi connectivity index (χ4n) is 1.97. The SMILES string of the molecule is Cc1cc(N(CC(C)C)C2CC2)nc(NN)n1. The number of rotatable bonds is 5. The minimum Gasteiger partial charge on any atom is -0.353 e. The summed E-state index contributed by atoms with van der Waals surface area (Å²) >= 11 is 0. The third kappa shape index (κ3) is 3.06. The summed E-state index contributed by atoms with van der Waals surface area (Å²) in [6.45, 7) is 7.45. The number of nitrogens with zero attached hydrogens (tertiary/aromatic N) is 3. The molecule has 94 valence electrons. The number of aryl methyl sites for hydroxylation is 1. The molecule has 2 rings (SSSR count). The van der Waals surface area contributed by atoms with E-state index in [1.165, 1.54) is 12.8 Å². The van der Waals surface area contributed by atoms with Crippen LogP contribution in [0.15, 0.2) is 6.07 Å². The van der Waals surface area contributed by atoms with Gasteiger partial charge in [-0.15, -0.1) is 0 Å². The van der Waals surface area contributed by atoms with Crippen molar-refractivity contribution in [1.82, 2.24) is 9.97 Å². The minimum absolute atomic E-state index is 0.495. The normalized spacial score (nSPS) is 15.1. The van der Waals surface area contributed by atoms with Gasteiger partial charge in [0.15, 0.2) is 0 Å². The van der Waals surface area contributed by atoms with Gasteiger partial charge in [0.25, 0.3) is 0 Å². The average Bonchev–Trinajstić information content (AvgIpc) is 3.08. The van der Waals surface area contributed by atoms with E-state index in [1.807, 2.05) is 13.0 Å². The first-order valence-corrected chi connectivity index (χ1v) is 6.19. The third-order valence-corrected chi connectivity index (χ3v) is 2.81. The van der Waals surface area contributed by atoms with Gasteiger partial charge in [0.05, 0.1) is 0 Å². The molecule has 1 saturated carbocycles. The second-order valence-corrected chi connectivity index (χ2v) is 5.11. The Morgan fingerprint density at radius 2 is 2.18 bits per heavy atom. The van der Waals surface area contributed by atoms with Crippen molar-refractivity contribution in [2.24, 2.45) is 11.8 Å². The average molecular weight is 235 g/mol. The monoisotopic (exact) mass is 235 g/mol. The molecule has 1 heterocycles. The van der Waals surface area contributed by atoms with Gasteiger partial charge < -0.3 is 4.90 Å². The molecular formula is C12H21N5. The maximum absolute atomic E-state index is 5.39. The highest BCUT2D eigenvalue weighted by atomic mass is 15.3. The highest BCUT2D eigenvalue weighted by Crippen LogP contribution is 2.31. The molecule has 0 amide bonds. The van der Waals surface area contributed by atoms with Gasteiger partial charge in [0.1, 0.15) is 5.82 Å². The van der Waals surface area contributed by atoms with Crippen LogP contribution in [0.3, 0.4) is 0 Å². The predicted octanol–water partition coefficient (Wildman–Crippen LogP) is 1.70. The second-order valence-electron chi connectivity index (χ2n) is 5.11. The lowest BCUT2D eigenvalue weighted by Crippen LogP contribution is -2.31. The third-order valence-electron chi connectivity index (χ3n) is 2.81. The number of nitrogen functional groups attached to an aromatic ring is 1. The molecule has 0 aliphatic heterocycles. The van der Waals surface area contributed by atoms with E-state index in [9.17, 15) is 0 Å². The molecule has 1 aromatic heterocycles. The molecule has 5 heteroatoms. The molecule has 0 bridgehead atoms. The Hall–Kier alpha value is -1.36. The highest BCUT2D eigenvalue weighted by molar-refractivity contribution is 5.46. The molecule has 17 heavy (non-hydrogen) atoms. The van der Waals surface area contributed by atoms with Gasteiger partial charge in [-0.05, 0) is 25.7 Å². The van der Waals surface area contributed by atoms with Crippen molar-refractivity contribution in [2.75, 3.05) is 16.9 Å². The van der Waals surface area contributed by atoms with Gasteiger partial charge in [0.2, 0.25) is 5.95 Å². The van der Waals surface area contributed by atoms with Crippen LogP contribution in [0.5, 0.6) is 0 Å². The van der Waals surface area contributed by atoms with Crippen molar-refractivity contribution in [3.05, 3.63) is 11.8 Å². The van der Waals surface area contributed by atoms with E-state index in [2.05, 4.69) is 34.1 Å². The Kier molecular flexibility index (Phi) is 3.47. The Morgan fingerprint density at radius 3 is 2.71 bits per heavy atom. The van der Waals surface area contributed by atoms with Gasteiger partial charge in [-0.25, -0.2) is 10.8 Å². The highest BCUT2D eigenvalue weighted by Gasteiger charge is 2.30. The van der Waals surface area contributed by atoms with E-state index in [-0.39, 0.29) is 0 Å². The molecule has 0 saturated heterocycles. The summed E-state index contributed by atoms with van der Waals surface area (Å²) in [5, 5.41) is 0. The van der Waals surface area contributed by atoms with Gasteiger partial charge in [0, 0.05) is 24.3 Å². The van der Waals surface area contributed by atoms with Crippen LogP contribution in [0.1, 0.15) is 32.4 Å². The van der Waals surface area contributed by atoms with Gasteiger partial charge in [-0.1, -0.05) is 13.8 Å². The smallest absolute Gasteiger partial charge is 0.239 e. The quantitative estimate of drug-likeness (QED) is 0.600. The zero-order chi connectivity index (χ0) is 12.4. The summed E-state index contributed by atoms with van der Waals surface area (Å²) < 4.78 is 0. The maximum Gasteiger partial charge on any atom is 0.239 e. The van der Waals surface area contributed by atoms with Crippen molar-refractivity contribution in [3.8, 4) is 0 Å². The Morgan fingerprint density at radius 1 is 1.47 bits per heavy atom. The van der Waals surface area contributed by atoms with Crippen molar-refractivity contribution in [3.63, 3.8) is 0 Å². The lowest BCUT2D eigenvalue weighted by atomic mass is 10.2. The van der Waals surface area contributed by atoms with E-state index in [0.29, 0.717) is 17.9 Å². The standard InChI is InChI=1S/C12H21N5/c1-8(2)7-17(10-4-5-10)11-6-9(3)14-12(15-11)16-13/h6,8,10H,4-5,7,13H2,1-3H3,(H,14,15,16). The summed E-state index contributed by atoms with van der Waals surface area (Å²) in [5.41, 5.74) is 3.47. The molecule has 3 N–H and O–H groups in total. The van der Waals surface area contributed by atoms with E-state index in [0.717, 1.165) is 18.1 Å². The second kappa shape index (κ2) is 4.87. The molecule has 1 aliphatic rings. The summed E-state index contributed by atoms with van der Waals surface area (Å²) in [7, 11) is 0. The zero-order valence-electron chi connectivity index (χ0n) is 10.8. The molecule has 1 aliphatic carbocycles. The first-order valence-electron chi connectivity index (χ1n) is 6.19. The zero-order valence-corrected chi connectivity index (χ0v) is 10.8. The number of nitrogens with one attached hydrogen (secondary N) is 1. The lowest BCUT2D eigenvalue weighted by molar-refractivity contribution is 0.602. The number of anilines is 2. The fraction of sp³-hybridized carbons (Fsp3) is 0.667. The number of nitrogens with two attached hydrogens (primary N) is 1. The van der Waals surface area contributed by atoms with E-state index in [4.69, 9.17) is 5.84 Å². The van der Waals surface area contributed by atoms with E-state index < -0.39 is 0 Å². The first kappa shape index (κ1) is 12.1. The Labute approximate surface area is 102 Å². The van der Waals surface area contributed by atoms with Gasteiger partial charge in [-0.2, -0.15) is 4.98 Å². The molecule has 0 radical (unpaired) electrons. The minimum atomic E-state index is 0.495. The summed E-state index contributed by atoms with van der Waals surface area (Å²) in [6, 6.07) is 2.68. The molecular weight excluding hydrogens is 214 g/mol. The molecule has 1 fully saturated rings. The molecule has 0 aromatic carbocycles. The predicted molar refractivity (Wildman–Crippen MR) is 69.8 cm³/mol. The van der Waals surface area contributed by atoms with Crippen molar-refractivity contribution in [2.45, 2.75) is 39.7 Å². The maximum atomic E-state index is 5.39. The molecule has 0 unspecified atom stereocenters. The number of aromatic nitrogens is 2. The summed E-state index contributed by atoms with van der Waals surface area (Å²) in [6.07, 6.45) is 2.53. The first-order chi connectivity index (χ1) is 8.10. The van der Waals surface area contributed by atoms with Crippen LogP contribution < -0.4 is 16.2 Å².